The molecule has 0 bridgehead atoms. The van der Waals surface area contributed by atoms with Gasteiger partial charge in [-0.3, -0.25) is 0 Å². The van der Waals surface area contributed by atoms with Crippen molar-refractivity contribution in [3.8, 4) is 0 Å². The van der Waals surface area contributed by atoms with Crippen molar-refractivity contribution in [1.82, 2.24) is 9.66 Å². The Hall–Kier alpha value is -2.08. The standard InChI is InChI=1S/C15H17N3O3/c19-15(20)11-2-1-3-12-13(11)16-14(10-4-5-10)18(12)17-6-8-21-9-7-17/h1-3,10H,4-9H2,(H,19,20). The zero-order valence-corrected chi connectivity index (χ0v) is 11.7. The number of aromatic nitrogens is 2. The van der Waals surface area contributed by atoms with Crippen LogP contribution in [-0.2, 0) is 4.74 Å². The van der Waals surface area contributed by atoms with Crippen LogP contribution in [0.25, 0.3) is 11.0 Å². The molecule has 2 aliphatic rings. The first-order valence-electron chi connectivity index (χ1n) is 7.33. The first-order chi connectivity index (χ1) is 10.3. The molecule has 0 spiro atoms. The number of ether oxygens (including phenoxy) is 1. The van der Waals surface area contributed by atoms with E-state index in [2.05, 4.69) is 14.7 Å². The summed E-state index contributed by atoms with van der Waals surface area (Å²) >= 11 is 0. The van der Waals surface area contributed by atoms with Crippen molar-refractivity contribution in [2.45, 2.75) is 18.8 Å². The summed E-state index contributed by atoms with van der Waals surface area (Å²) in [7, 11) is 0. The number of hydrogen-bond acceptors (Lipinski definition) is 4. The number of morpholine rings is 1. The van der Waals surface area contributed by atoms with Crippen molar-refractivity contribution in [1.29, 1.82) is 0 Å². The largest absolute Gasteiger partial charge is 0.478 e. The highest BCUT2D eigenvalue weighted by atomic mass is 16.5. The van der Waals surface area contributed by atoms with Crippen molar-refractivity contribution in [2.24, 2.45) is 0 Å². The number of carboxylic acid groups (broad SMARTS) is 1. The van der Waals surface area contributed by atoms with E-state index < -0.39 is 5.97 Å². The van der Waals surface area contributed by atoms with Crippen molar-refractivity contribution in [3.63, 3.8) is 0 Å². The molecule has 1 aromatic carbocycles. The van der Waals surface area contributed by atoms with Gasteiger partial charge >= 0.3 is 5.97 Å². The first-order valence-corrected chi connectivity index (χ1v) is 7.33. The van der Waals surface area contributed by atoms with Gasteiger partial charge in [-0.2, -0.15) is 0 Å². The van der Waals surface area contributed by atoms with E-state index in [9.17, 15) is 9.90 Å². The lowest BCUT2D eigenvalue weighted by Gasteiger charge is -2.31. The van der Waals surface area contributed by atoms with Crippen LogP contribution in [-0.4, -0.2) is 47.0 Å². The average Bonchev–Trinajstić information content (AvgIpc) is 3.27. The van der Waals surface area contributed by atoms with Crippen LogP contribution in [0.1, 0.15) is 34.9 Å². The third-order valence-electron chi connectivity index (χ3n) is 4.13. The highest BCUT2D eigenvalue weighted by molar-refractivity contribution is 6.01. The maximum Gasteiger partial charge on any atom is 0.337 e. The molecule has 21 heavy (non-hydrogen) atoms. The summed E-state index contributed by atoms with van der Waals surface area (Å²) in [6.07, 6.45) is 2.27. The Balaban J connectivity index is 1.91. The van der Waals surface area contributed by atoms with Gasteiger partial charge in [0.25, 0.3) is 0 Å². The van der Waals surface area contributed by atoms with E-state index in [4.69, 9.17) is 4.74 Å². The Bertz CT molecular complexity index is 699. The molecule has 2 fully saturated rings. The zero-order chi connectivity index (χ0) is 14.4. The SMILES string of the molecule is O=C(O)c1cccc2c1nc(C1CC1)n2N1CCOCC1. The predicted molar refractivity (Wildman–Crippen MR) is 77.4 cm³/mol. The van der Waals surface area contributed by atoms with E-state index >= 15 is 0 Å². The maximum absolute atomic E-state index is 11.4. The van der Waals surface area contributed by atoms with E-state index in [0.29, 0.717) is 24.6 Å². The fourth-order valence-corrected chi connectivity index (χ4v) is 2.93. The van der Waals surface area contributed by atoms with Crippen molar-refractivity contribution in [2.75, 3.05) is 31.3 Å². The van der Waals surface area contributed by atoms with Crippen LogP contribution in [0.15, 0.2) is 18.2 Å². The van der Waals surface area contributed by atoms with E-state index in [1.54, 1.807) is 12.1 Å². The Labute approximate surface area is 121 Å². The Kier molecular flexibility index (Phi) is 2.85. The Morgan fingerprint density at radius 1 is 1.29 bits per heavy atom. The third-order valence-corrected chi connectivity index (χ3v) is 4.13. The molecule has 6 heteroatoms. The minimum absolute atomic E-state index is 0.279. The smallest absolute Gasteiger partial charge is 0.337 e. The van der Waals surface area contributed by atoms with Crippen molar-refractivity contribution in [3.05, 3.63) is 29.6 Å². The Morgan fingerprint density at radius 2 is 2.05 bits per heavy atom. The highest BCUT2D eigenvalue weighted by Crippen LogP contribution is 2.41. The quantitative estimate of drug-likeness (QED) is 0.928. The highest BCUT2D eigenvalue weighted by Gasteiger charge is 2.32. The summed E-state index contributed by atoms with van der Waals surface area (Å²) in [5, 5.41) is 11.6. The average molecular weight is 287 g/mol. The normalized spacial score (nSPS) is 19.1. The second-order valence-electron chi connectivity index (χ2n) is 5.60. The Morgan fingerprint density at radius 3 is 2.71 bits per heavy atom. The zero-order valence-electron chi connectivity index (χ0n) is 11.7. The molecule has 0 unspecified atom stereocenters. The molecular weight excluding hydrogens is 270 g/mol. The summed E-state index contributed by atoms with van der Waals surface area (Å²) in [5.74, 6) is 0.539. The van der Waals surface area contributed by atoms with Crippen LogP contribution in [0.4, 0.5) is 0 Å². The number of rotatable bonds is 3. The van der Waals surface area contributed by atoms with Gasteiger partial charge < -0.3 is 14.9 Å². The van der Waals surface area contributed by atoms with Gasteiger partial charge in [-0.1, -0.05) is 6.07 Å². The number of imidazole rings is 1. The van der Waals surface area contributed by atoms with Gasteiger partial charge in [0.15, 0.2) is 0 Å². The van der Waals surface area contributed by atoms with Crippen LogP contribution < -0.4 is 5.01 Å². The van der Waals surface area contributed by atoms with Crippen LogP contribution in [0.5, 0.6) is 0 Å². The fraction of sp³-hybridized carbons (Fsp3) is 0.467. The van der Waals surface area contributed by atoms with Gasteiger partial charge in [-0.15, -0.1) is 0 Å². The third kappa shape index (κ3) is 2.06. The monoisotopic (exact) mass is 287 g/mol. The number of nitrogens with zero attached hydrogens (tertiary/aromatic N) is 3. The lowest BCUT2D eigenvalue weighted by atomic mass is 10.2. The van der Waals surface area contributed by atoms with Gasteiger partial charge in [-0.05, 0) is 25.0 Å². The molecule has 1 aromatic heterocycles. The summed E-state index contributed by atoms with van der Waals surface area (Å²) in [6.45, 7) is 3.01. The molecular formula is C15H17N3O3. The van der Waals surface area contributed by atoms with Crippen LogP contribution in [0, 0.1) is 0 Å². The number of fused-ring (bicyclic) bond motifs is 1. The van der Waals surface area contributed by atoms with E-state index in [1.807, 2.05) is 6.07 Å². The molecule has 110 valence electrons. The summed E-state index contributed by atoms with van der Waals surface area (Å²) < 4.78 is 7.55. The van der Waals surface area contributed by atoms with Crippen LogP contribution in [0.3, 0.4) is 0 Å². The number of para-hydroxylation sites is 1. The number of benzene rings is 1. The van der Waals surface area contributed by atoms with Gasteiger partial charge in [0, 0.05) is 5.92 Å². The molecule has 6 nitrogen and oxygen atoms in total. The van der Waals surface area contributed by atoms with Gasteiger partial charge in [0.1, 0.15) is 11.3 Å². The van der Waals surface area contributed by atoms with Crippen molar-refractivity contribution >= 4 is 17.0 Å². The summed E-state index contributed by atoms with van der Waals surface area (Å²) in [4.78, 5) is 16.1. The summed E-state index contributed by atoms with van der Waals surface area (Å²) in [6, 6.07) is 5.37. The fourth-order valence-electron chi connectivity index (χ4n) is 2.93. The molecule has 4 rings (SSSR count). The van der Waals surface area contributed by atoms with E-state index in [0.717, 1.165) is 37.3 Å². The van der Waals surface area contributed by atoms with Gasteiger partial charge in [-0.25, -0.2) is 14.5 Å². The minimum atomic E-state index is -0.922. The number of hydrogen-bond donors (Lipinski definition) is 1. The molecule has 1 saturated heterocycles. The van der Waals surface area contributed by atoms with E-state index in [1.165, 1.54) is 0 Å². The minimum Gasteiger partial charge on any atom is -0.478 e. The van der Waals surface area contributed by atoms with Gasteiger partial charge in [0.05, 0.1) is 37.4 Å². The molecule has 0 amide bonds. The molecule has 2 heterocycles. The lowest BCUT2D eigenvalue weighted by molar-refractivity contribution is 0.0699. The number of aromatic carboxylic acids is 1. The second-order valence-corrected chi connectivity index (χ2v) is 5.60. The molecule has 1 aliphatic carbocycles. The topological polar surface area (TPSA) is 67.6 Å². The molecule has 1 aliphatic heterocycles. The number of carboxylic acids is 1. The van der Waals surface area contributed by atoms with Crippen LogP contribution >= 0.6 is 0 Å². The van der Waals surface area contributed by atoms with Crippen molar-refractivity contribution < 1.29 is 14.6 Å². The summed E-state index contributed by atoms with van der Waals surface area (Å²) in [5.41, 5.74) is 1.76. The predicted octanol–water partition coefficient (Wildman–Crippen LogP) is 1.58. The van der Waals surface area contributed by atoms with Crippen LogP contribution in [0.2, 0.25) is 0 Å². The molecule has 0 radical (unpaired) electrons. The second kappa shape index (κ2) is 4.73. The molecule has 1 N–H and O–H groups in total. The lowest BCUT2D eigenvalue weighted by Crippen LogP contribution is -2.44. The molecule has 0 atom stereocenters. The number of carbonyl (C=O) groups is 1. The molecule has 2 aromatic rings. The molecule has 1 saturated carbocycles. The van der Waals surface area contributed by atoms with Gasteiger partial charge in [0.2, 0.25) is 0 Å². The first kappa shape index (κ1) is 12.6. The maximum atomic E-state index is 11.4. The van der Waals surface area contributed by atoms with E-state index in [-0.39, 0.29) is 5.56 Å².